The van der Waals surface area contributed by atoms with Gasteiger partial charge in [-0.25, -0.2) is 4.79 Å². The first-order valence-corrected chi connectivity index (χ1v) is 9.17. The molecule has 0 unspecified atom stereocenters. The van der Waals surface area contributed by atoms with Gasteiger partial charge in [0.1, 0.15) is 24.0 Å². The van der Waals surface area contributed by atoms with Crippen molar-refractivity contribution in [1.82, 2.24) is 10.2 Å². The Labute approximate surface area is 154 Å². The predicted molar refractivity (Wildman–Crippen MR) is 98.0 cm³/mol. The van der Waals surface area contributed by atoms with Crippen LogP contribution < -0.4 is 10.1 Å². The van der Waals surface area contributed by atoms with Gasteiger partial charge in [-0.3, -0.25) is 9.69 Å². The number of benzene rings is 1. The van der Waals surface area contributed by atoms with Crippen LogP contribution in [-0.4, -0.2) is 46.7 Å². The van der Waals surface area contributed by atoms with Crippen LogP contribution in [0.2, 0.25) is 0 Å². The first-order chi connectivity index (χ1) is 12.1. The van der Waals surface area contributed by atoms with E-state index in [-0.39, 0.29) is 30.4 Å². The van der Waals surface area contributed by atoms with E-state index in [4.69, 9.17) is 4.74 Å². The molecule has 3 amide bonds. The van der Waals surface area contributed by atoms with Crippen molar-refractivity contribution in [2.75, 3.05) is 13.2 Å². The Morgan fingerprint density at radius 2 is 1.96 bits per heavy atom. The molecule has 1 heterocycles. The van der Waals surface area contributed by atoms with Crippen molar-refractivity contribution in [3.8, 4) is 5.75 Å². The summed E-state index contributed by atoms with van der Waals surface area (Å²) in [6.07, 6.45) is 0.955. The summed E-state index contributed by atoms with van der Waals surface area (Å²) in [4.78, 5) is 25.9. The van der Waals surface area contributed by atoms with Gasteiger partial charge in [0.05, 0.1) is 6.54 Å². The second-order valence-electron chi connectivity index (χ2n) is 8.53. The van der Waals surface area contributed by atoms with Crippen molar-refractivity contribution in [2.24, 2.45) is 5.92 Å². The van der Waals surface area contributed by atoms with Gasteiger partial charge in [0.15, 0.2) is 0 Å². The number of ether oxygens (including phenoxy) is 1. The van der Waals surface area contributed by atoms with E-state index in [1.54, 1.807) is 6.92 Å². The molecule has 6 heteroatoms. The third kappa shape index (κ3) is 3.56. The number of imide groups is 1. The van der Waals surface area contributed by atoms with Gasteiger partial charge >= 0.3 is 6.03 Å². The number of nitrogens with one attached hydrogen (secondary N) is 1. The zero-order valence-electron chi connectivity index (χ0n) is 15.9. The first kappa shape index (κ1) is 18.7. The summed E-state index contributed by atoms with van der Waals surface area (Å²) >= 11 is 0. The Morgan fingerprint density at radius 3 is 2.58 bits per heavy atom. The predicted octanol–water partition coefficient (Wildman–Crippen LogP) is 2.44. The Bertz CT molecular complexity index is 708. The molecule has 2 N–H and O–H groups in total. The molecule has 1 aliphatic heterocycles. The minimum atomic E-state index is -0.945. The summed E-state index contributed by atoms with van der Waals surface area (Å²) in [6.45, 7) is 8.01. The monoisotopic (exact) mass is 360 g/mol. The van der Waals surface area contributed by atoms with Crippen LogP contribution in [0.15, 0.2) is 24.3 Å². The quantitative estimate of drug-likeness (QED) is 0.764. The maximum atomic E-state index is 12.6. The molecule has 1 aliphatic carbocycles. The number of nitrogens with zero attached hydrogens (tertiary/aromatic N) is 1. The van der Waals surface area contributed by atoms with Gasteiger partial charge in [-0.2, -0.15) is 0 Å². The van der Waals surface area contributed by atoms with Gasteiger partial charge < -0.3 is 15.2 Å². The highest BCUT2D eigenvalue weighted by atomic mass is 16.5. The molecule has 1 aromatic carbocycles. The van der Waals surface area contributed by atoms with Crippen molar-refractivity contribution in [3.05, 3.63) is 29.8 Å². The first-order valence-electron chi connectivity index (χ1n) is 9.17. The molecule has 0 spiro atoms. The Balaban J connectivity index is 1.61. The standard InChI is InChI=1S/C20H28N2O4/c1-19(2,3)15-7-5-6-8-16(15)26-12-14(23)11-22-17(24)20(4,13-9-10-13)21-18(22)25/h5-8,13-14,23H,9-12H2,1-4H3,(H,21,25)/t14-,20-/m0/s1. The molecule has 0 radical (unpaired) electrons. The average Bonchev–Trinajstić information content (AvgIpc) is 3.39. The molecular weight excluding hydrogens is 332 g/mol. The number of carbonyl (C=O) groups is 2. The SMILES string of the molecule is CC(C)(C)c1ccccc1OC[C@@H](O)CN1C(=O)N[C@@](C)(C2CC2)C1=O. The normalized spacial score (nSPS) is 24.6. The number of rotatable bonds is 6. The van der Waals surface area contributed by atoms with Crippen molar-refractivity contribution < 1.29 is 19.4 Å². The summed E-state index contributed by atoms with van der Waals surface area (Å²) < 4.78 is 5.80. The van der Waals surface area contributed by atoms with E-state index in [1.807, 2.05) is 24.3 Å². The Hall–Kier alpha value is -2.08. The zero-order valence-corrected chi connectivity index (χ0v) is 15.9. The molecule has 142 valence electrons. The Morgan fingerprint density at radius 1 is 1.31 bits per heavy atom. The van der Waals surface area contributed by atoms with Gasteiger partial charge in [0.25, 0.3) is 5.91 Å². The lowest BCUT2D eigenvalue weighted by Crippen LogP contribution is -2.46. The molecule has 26 heavy (non-hydrogen) atoms. The number of aliphatic hydroxyl groups is 1. The summed E-state index contributed by atoms with van der Waals surface area (Å²) in [7, 11) is 0. The van der Waals surface area contributed by atoms with E-state index < -0.39 is 17.7 Å². The smallest absolute Gasteiger partial charge is 0.325 e. The number of β-amino-alcohol motifs (C(OH)–C–C–N with tert-alkyl or cyclic N) is 1. The highest BCUT2D eigenvalue weighted by Crippen LogP contribution is 2.42. The Kier molecular flexibility index (Phi) is 4.73. The second kappa shape index (κ2) is 6.58. The third-order valence-electron chi connectivity index (χ3n) is 5.21. The van der Waals surface area contributed by atoms with E-state index in [0.717, 1.165) is 23.3 Å². The average molecular weight is 360 g/mol. The highest BCUT2D eigenvalue weighted by molar-refractivity contribution is 6.07. The van der Waals surface area contributed by atoms with Crippen LogP contribution in [0.4, 0.5) is 4.79 Å². The van der Waals surface area contributed by atoms with Gasteiger partial charge in [-0.15, -0.1) is 0 Å². The largest absolute Gasteiger partial charge is 0.491 e. The number of urea groups is 1. The van der Waals surface area contributed by atoms with Gasteiger partial charge in [0.2, 0.25) is 0 Å². The fraction of sp³-hybridized carbons (Fsp3) is 0.600. The summed E-state index contributed by atoms with van der Waals surface area (Å²) in [5.74, 6) is 0.661. The molecule has 2 aliphatic rings. The van der Waals surface area contributed by atoms with Crippen molar-refractivity contribution in [2.45, 2.75) is 57.6 Å². The number of hydrogen-bond acceptors (Lipinski definition) is 4. The summed E-state index contributed by atoms with van der Waals surface area (Å²) in [5.41, 5.74) is 0.137. The van der Waals surface area contributed by atoms with Crippen LogP contribution in [-0.2, 0) is 10.2 Å². The van der Waals surface area contributed by atoms with Crippen LogP contribution in [0.1, 0.15) is 46.1 Å². The maximum absolute atomic E-state index is 12.6. The summed E-state index contributed by atoms with van der Waals surface area (Å²) in [5, 5.41) is 13.1. The van der Waals surface area contributed by atoms with Gasteiger partial charge in [0, 0.05) is 0 Å². The molecule has 2 atom stereocenters. The fourth-order valence-corrected chi connectivity index (χ4v) is 3.48. The number of carbonyl (C=O) groups excluding carboxylic acids is 2. The van der Waals surface area contributed by atoms with Crippen LogP contribution in [0.5, 0.6) is 5.75 Å². The van der Waals surface area contributed by atoms with E-state index >= 15 is 0 Å². The molecule has 0 bridgehead atoms. The highest BCUT2D eigenvalue weighted by Gasteiger charge is 2.56. The van der Waals surface area contributed by atoms with Gasteiger partial charge in [-0.05, 0) is 42.7 Å². The molecule has 1 aromatic rings. The lowest BCUT2D eigenvalue weighted by atomic mass is 9.86. The zero-order chi connectivity index (χ0) is 19.1. The van der Waals surface area contributed by atoms with Crippen LogP contribution in [0, 0.1) is 5.92 Å². The molecule has 1 saturated heterocycles. The van der Waals surface area contributed by atoms with E-state index in [1.165, 1.54) is 0 Å². The van der Waals surface area contributed by atoms with Gasteiger partial charge in [-0.1, -0.05) is 39.0 Å². The van der Waals surface area contributed by atoms with Crippen molar-refractivity contribution in [3.63, 3.8) is 0 Å². The number of hydrogen-bond donors (Lipinski definition) is 2. The van der Waals surface area contributed by atoms with E-state index in [2.05, 4.69) is 26.1 Å². The van der Waals surface area contributed by atoms with E-state index in [9.17, 15) is 14.7 Å². The molecule has 6 nitrogen and oxygen atoms in total. The molecule has 3 rings (SSSR count). The molecule has 2 fully saturated rings. The number of aliphatic hydroxyl groups excluding tert-OH is 1. The molecule has 1 saturated carbocycles. The van der Waals surface area contributed by atoms with Crippen molar-refractivity contribution >= 4 is 11.9 Å². The topological polar surface area (TPSA) is 78.9 Å². The third-order valence-corrected chi connectivity index (χ3v) is 5.21. The van der Waals surface area contributed by atoms with Crippen LogP contribution >= 0.6 is 0 Å². The van der Waals surface area contributed by atoms with E-state index in [0.29, 0.717) is 5.75 Å². The molecule has 0 aromatic heterocycles. The minimum absolute atomic E-state index is 0.0182. The number of amides is 3. The lowest BCUT2D eigenvalue weighted by Gasteiger charge is -2.24. The van der Waals surface area contributed by atoms with Crippen molar-refractivity contribution in [1.29, 1.82) is 0 Å². The second-order valence-corrected chi connectivity index (χ2v) is 8.53. The minimum Gasteiger partial charge on any atom is -0.491 e. The van der Waals surface area contributed by atoms with Crippen LogP contribution in [0.25, 0.3) is 0 Å². The van der Waals surface area contributed by atoms with Crippen LogP contribution in [0.3, 0.4) is 0 Å². The maximum Gasteiger partial charge on any atom is 0.325 e. The fourth-order valence-electron chi connectivity index (χ4n) is 3.48. The lowest BCUT2D eigenvalue weighted by molar-refractivity contribution is -0.132. The summed E-state index contributed by atoms with van der Waals surface area (Å²) in [6, 6.07) is 7.27. The number of para-hydroxylation sites is 1. The molecular formula is C20H28N2O4.